The van der Waals surface area contributed by atoms with E-state index in [0.717, 1.165) is 27.2 Å². The van der Waals surface area contributed by atoms with Crippen LogP contribution in [0.25, 0.3) is 0 Å². The summed E-state index contributed by atoms with van der Waals surface area (Å²) in [6.45, 7) is 1.89. The molecular weight excluding hydrogens is 985 g/mol. The lowest BCUT2D eigenvalue weighted by molar-refractivity contribution is -0.179. The first kappa shape index (κ1) is 51.2. The molecule has 2 fully saturated rings. The van der Waals surface area contributed by atoms with E-state index in [2.05, 4.69) is 17.2 Å². The van der Waals surface area contributed by atoms with Crippen molar-refractivity contribution in [2.75, 3.05) is 46.0 Å². The van der Waals surface area contributed by atoms with Gasteiger partial charge in [-0.15, -0.1) is 0 Å². The number of rotatable bonds is 12. The number of fused-ring (bicyclic) bond motifs is 4. The Labute approximate surface area is 453 Å². The molecule has 0 aromatic heterocycles. The highest BCUT2D eigenvalue weighted by atomic mass is 16.6. The summed E-state index contributed by atoms with van der Waals surface area (Å²) >= 11 is 0. The smallest absolute Gasteiger partial charge is 0.329 e. The predicted molar refractivity (Wildman–Crippen MR) is 292 cm³/mol. The Morgan fingerprint density at radius 1 is 0.705 bits per heavy atom. The summed E-state index contributed by atoms with van der Waals surface area (Å²) in [7, 11) is 4.72. The van der Waals surface area contributed by atoms with Gasteiger partial charge in [-0.3, -0.25) is 19.3 Å². The monoisotopic (exact) mass is 1040 g/mol. The number of amides is 4. The van der Waals surface area contributed by atoms with Crippen LogP contribution in [0.3, 0.4) is 0 Å². The first-order valence-electron chi connectivity index (χ1n) is 26.0. The van der Waals surface area contributed by atoms with Crippen LogP contribution in [-0.4, -0.2) is 85.9 Å². The van der Waals surface area contributed by atoms with Crippen molar-refractivity contribution in [3.8, 4) is 34.8 Å². The van der Waals surface area contributed by atoms with Crippen LogP contribution in [0.15, 0.2) is 170 Å². The molecule has 0 bridgehead atoms. The molecule has 2 N–H and O–H groups in total. The molecule has 4 heterocycles. The van der Waals surface area contributed by atoms with Crippen molar-refractivity contribution in [3.63, 3.8) is 0 Å². The van der Waals surface area contributed by atoms with Gasteiger partial charge in [0, 0.05) is 24.2 Å². The molecule has 14 heteroatoms. The van der Waals surface area contributed by atoms with E-state index in [1.165, 1.54) is 0 Å². The molecule has 7 aromatic carbocycles. The normalized spacial score (nSPS) is 21.5. The Bertz CT molecular complexity index is 3460. The van der Waals surface area contributed by atoms with Gasteiger partial charge in [-0.25, -0.2) is 9.69 Å². The van der Waals surface area contributed by atoms with E-state index in [9.17, 15) is 5.11 Å². The summed E-state index contributed by atoms with van der Waals surface area (Å²) in [4.78, 5) is 70.0. The van der Waals surface area contributed by atoms with E-state index < -0.39 is 65.4 Å². The zero-order chi connectivity index (χ0) is 54.1. The Kier molecular flexibility index (Phi) is 14.2. The summed E-state index contributed by atoms with van der Waals surface area (Å²) < 4.78 is 29.7. The van der Waals surface area contributed by atoms with Crippen LogP contribution < -0.4 is 29.2 Å². The highest BCUT2D eigenvalue weighted by Gasteiger charge is 2.76. The number of nitrogens with zero attached hydrogens (tertiary/aromatic N) is 3. The van der Waals surface area contributed by atoms with Crippen LogP contribution in [0.1, 0.15) is 81.2 Å². The van der Waals surface area contributed by atoms with Crippen LogP contribution in [0, 0.1) is 17.8 Å². The lowest BCUT2D eigenvalue weighted by Gasteiger charge is -2.46. The molecule has 2 saturated heterocycles. The van der Waals surface area contributed by atoms with Gasteiger partial charge in [-0.2, -0.15) is 0 Å². The maximum absolute atomic E-state index is 17.1. The second-order valence-corrected chi connectivity index (χ2v) is 19.8. The summed E-state index contributed by atoms with van der Waals surface area (Å²) in [5.41, 5.74) is 4.23. The molecule has 14 nitrogen and oxygen atoms in total. The van der Waals surface area contributed by atoms with Crippen molar-refractivity contribution in [1.29, 1.82) is 0 Å². The molecule has 0 aliphatic carbocycles. The van der Waals surface area contributed by atoms with Gasteiger partial charge in [0.1, 0.15) is 35.7 Å². The van der Waals surface area contributed by atoms with Gasteiger partial charge < -0.3 is 39.0 Å². The molecule has 7 atom stereocenters. The minimum absolute atomic E-state index is 0.0274. The van der Waals surface area contributed by atoms with Crippen LogP contribution in [0.5, 0.6) is 23.0 Å². The lowest BCUT2D eigenvalue weighted by Crippen LogP contribution is -2.57. The zero-order valence-electron chi connectivity index (χ0n) is 43.6. The van der Waals surface area contributed by atoms with Crippen LogP contribution in [0.4, 0.5) is 10.5 Å². The number of aliphatic hydroxyl groups is 1. The van der Waals surface area contributed by atoms with Gasteiger partial charge >= 0.3 is 12.0 Å². The maximum Gasteiger partial charge on any atom is 0.329 e. The number of urea groups is 1. The fourth-order valence-electron chi connectivity index (χ4n) is 12.1. The largest absolute Gasteiger partial charge is 0.497 e. The van der Waals surface area contributed by atoms with Crippen molar-refractivity contribution in [1.82, 2.24) is 15.1 Å². The van der Waals surface area contributed by atoms with Crippen LogP contribution in [-0.2, 0) is 37.5 Å². The molecule has 4 aliphatic rings. The van der Waals surface area contributed by atoms with Gasteiger partial charge in [-0.05, 0) is 119 Å². The molecule has 1 spiro atoms. The minimum atomic E-state index is -2.06. The third kappa shape index (κ3) is 9.04. The van der Waals surface area contributed by atoms with Crippen molar-refractivity contribution < 1.29 is 48.0 Å². The zero-order valence-corrected chi connectivity index (χ0v) is 43.6. The predicted octanol–water partition coefficient (Wildman–Crippen LogP) is 9.20. The third-order valence-corrected chi connectivity index (χ3v) is 15.6. The average Bonchev–Trinajstić information content (AvgIpc) is 3.72. The number of hydrogen-bond acceptors (Lipinski definition) is 11. The van der Waals surface area contributed by atoms with Gasteiger partial charge in [0.05, 0.1) is 57.7 Å². The highest BCUT2D eigenvalue weighted by Crippen LogP contribution is 2.66. The number of cyclic esters (lactones) is 1. The summed E-state index contributed by atoms with van der Waals surface area (Å²) in [6.07, 6.45) is -0.509. The van der Waals surface area contributed by atoms with Crippen LogP contribution in [0.2, 0.25) is 0 Å². The second-order valence-electron chi connectivity index (χ2n) is 19.8. The minimum Gasteiger partial charge on any atom is -0.497 e. The summed E-state index contributed by atoms with van der Waals surface area (Å²) in [5, 5.41) is 13.1. The molecule has 0 unspecified atom stereocenters. The van der Waals surface area contributed by atoms with Gasteiger partial charge in [-0.1, -0.05) is 115 Å². The molecule has 7 aromatic rings. The summed E-state index contributed by atoms with van der Waals surface area (Å²) in [5.74, 6) is 5.24. The number of esters is 1. The Morgan fingerprint density at radius 2 is 1.35 bits per heavy atom. The van der Waals surface area contributed by atoms with Gasteiger partial charge in [0.25, 0.3) is 0 Å². The van der Waals surface area contributed by atoms with E-state index in [4.69, 9.17) is 23.7 Å². The van der Waals surface area contributed by atoms with E-state index in [-0.39, 0.29) is 32.0 Å². The van der Waals surface area contributed by atoms with Gasteiger partial charge in [0.2, 0.25) is 11.8 Å². The number of imide groups is 1. The molecule has 4 aliphatic heterocycles. The first-order chi connectivity index (χ1) is 38.1. The van der Waals surface area contributed by atoms with E-state index in [0.29, 0.717) is 57.2 Å². The number of benzene rings is 7. The summed E-state index contributed by atoms with van der Waals surface area (Å²) in [6, 6.07) is 47.4. The maximum atomic E-state index is 17.1. The highest BCUT2D eigenvalue weighted by molar-refractivity contribution is 6.24. The van der Waals surface area contributed by atoms with E-state index in [1.807, 2.05) is 145 Å². The molecular formula is C64H58N4O10. The fraction of sp³-hybridized carbons (Fsp3) is 0.250. The topological polar surface area (TPSA) is 156 Å². The first-order valence-corrected chi connectivity index (χ1v) is 26.0. The second kappa shape index (κ2) is 21.6. The van der Waals surface area contributed by atoms with Crippen molar-refractivity contribution in [2.24, 2.45) is 5.92 Å². The molecule has 0 radical (unpaired) electrons. The lowest BCUT2D eigenvalue weighted by atomic mass is 9.64. The molecule has 78 heavy (non-hydrogen) atoms. The Balaban J connectivity index is 1.19. The number of hydrogen-bond donors (Lipinski definition) is 2. The van der Waals surface area contributed by atoms with Crippen LogP contribution >= 0.6 is 0 Å². The van der Waals surface area contributed by atoms with Crippen molar-refractivity contribution in [2.45, 2.75) is 55.6 Å². The fourth-order valence-corrected chi connectivity index (χ4v) is 12.1. The molecule has 11 rings (SSSR count). The SMILES string of the molecule is COc1ccc(C#Cc2ccc3c(c2)[C@]2(C(=O)N3C(=O)N[C@H](C)c3ccccc3)[C@H](c3cccc(OCCO)c3)N3[C@H](c4ccccc4)[C@H](c4ccccc4)OC(=O)[C@H]3[C@@H]2C(=O)N2CCc3cc(OC)c(OC)cc3C2)cc1. The number of methoxy groups -OCH3 is 3. The Hall–Kier alpha value is -8.90. The number of morpholine rings is 1. The standard InChI is InChI=1S/C64H58N4O10/c1-40(43-15-8-5-9-16-43)65-63(73)67-52-30-27-42(24-23-41-25-28-49(74-2)29-26-41)35-51(52)64(62(67)72)55(60(70)66-32-31-46-37-53(75-3)54(76-4)38-48(46)39-66)57-61(71)78-58(45-19-12-7-13-20-45)56(44-17-10-6-11-18-44)68(57)59(64)47-21-14-22-50(36-47)77-34-33-69/h5-22,25-30,35-38,40,55-59,69H,31-34,39H2,1-4H3,(H,65,73)/t40-,55-,56-,57-,58+,59+,64-/m1/s1. The number of anilines is 1. The number of carbonyl (C=O) groups excluding carboxylic acids is 4. The van der Waals surface area contributed by atoms with E-state index >= 15 is 19.2 Å². The van der Waals surface area contributed by atoms with Crippen molar-refractivity contribution >= 4 is 29.5 Å². The van der Waals surface area contributed by atoms with E-state index in [1.54, 1.807) is 62.6 Å². The molecule has 4 amide bonds. The number of ether oxygens (including phenoxy) is 5. The molecule has 0 saturated carbocycles. The number of carbonyl (C=O) groups is 4. The average molecular weight is 1040 g/mol. The molecule has 394 valence electrons. The number of aliphatic hydroxyl groups excluding tert-OH is 1. The van der Waals surface area contributed by atoms with Gasteiger partial charge in [0.15, 0.2) is 11.5 Å². The quantitative estimate of drug-likeness (QED) is 0.0889. The Morgan fingerprint density at radius 3 is 2.03 bits per heavy atom. The van der Waals surface area contributed by atoms with Crippen molar-refractivity contribution in [3.05, 3.63) is 220 Å². The number of nitrogens with one attached hydrogen (secondary N) is 1. The third-order valence-electron chi connectivity index (χ3n) is 15.6.